The minimum absolute atomic E-state index is 0.0827. The first-order valence-electron chi connectivity index (χ1n) is 11.2. The van der Waals surface area contributed by atoms with Gasteiger partial charge in [-0.1, -0.05) is 59.6 Å². The van der Waals surface area contributed by atoms with Gasteiger partial charge >= 0.3 is 0 Å². The molecule has 4 aromatic rings. The van der Waals surface area contributed by atoms with E-state index in [1.807, 2.05) is 36.4 Å². The van der Waals surface area contributed by atoms with Gasteiger partial charge in [0.2, 0.25) is 5.95 Å². The zero-order valence-electron chi connectivity index (χ0n) is 19.0. The number of nitrogens with one attached hydrogen (secondary N) is 1. The summed E-state index contributed by atoms with van der Waals surface area (Å²) < 4.78 is 13.4. The van der Waals surface area contributed by atoms with Gasteiger partial charge in [-0.25, -0.2) is 15.0 Å². The van der Waals surface area contributed by atoms with Crippen molar-refractivity contribution in [2.24, 2.45) is 0 Å². The van der Waals surface area contributed by atoms with E-state index in [0.29, 0.717) is 40.3 Å². The summed E-state index contributed by atoms with van der Waals surface area (Å²) in [6.07, 6.45) is -2.93. The average Bonchev–Trinajstić information content (AvgIpc) is 3.38. The van der Waals surface area contributed by atoms with Crippen molar-refractivity contribution in [1.29, 1.82) is 0 Å². The number of fused-ring (bicyclic) bond motifs is 1. The quantitative estimate of drug-likeness (QED) is 0.270. The number of aromatic nitrogens is 4. The number of hydrogen-bond acceptors (Lipinski definition) is 9. The predicted octanol–water partition coefficient (Wildman–Crippen LogP) is 3.16. The van der Waals surface area contributed by atoms with E-state index in [4.69, 9.17) is 38.4 Å². The summed E-state index contributed by atoms with van der Waals surface area (Å²) in [7, 11) is 0. The number of anilines is 2. The number of ether oxygens (including phenoxy) is 2. The van der Waals surface area contributed by atoms with Gasteiger partial charge in [-0.05, 0) is 23.3 Å². The number of aliphatic hydroxyl groups is 2. The third-order valence-electron chi connectivity index (χ3n) is 5.93. The molecule has 4 atom stereocenters. The number of rotatable bonds is 8. The molecule has 5 rings (SSSR count). The summed E-state index contributed by atoms with van der Waals surface area (Å²) in [5, 5.41) is 25.7. The number of imidazole rings is 1. The smallest absolute Gasteiger partial charge is 0.207 e. The fourth-order valence-electron chi connectivity index (χ4n) is 4.07. The zero-order chi connectivity index (χ0) is 25.2. The highest BCUT2D eigenvalue weighted by atomic mass is 35.5. The van der Waals surface area contributed by atoms with Crippen LogP contribution in [0.15, 0.2) is 54.9 Å². The minimum atomic E-state index is -1.27. The maximum Gasteiger partial charge on any atom is 0.207 e. The molecule has 0 amide bonds. The van der Waals surface area contributed by atoms with E-state index in [1.165, 1.54) is 6.33 Å². The van der Waals surface area contributed by atoms with Gasteiger partial charge in [0.05, 0.1) is 23.3 Å². The number of nitrogen functional groups attached to an aromatic ring is 1. The van der Waals surface area contributed by atoms with Gasteiger partial charge in [0.25, 0.3) is 0 Å². The molecular formula is C24H24Cl2N6O4. The monoisotopic (exact) mass is 530 g/mol. The largest absolute Gasteiger partial charge is 0.387 e. The van der Waals surface area contributed by atoms with Crippen LogP contribution in [0.25, 0.3) is 11.2 Å². The van der Waals surface area contributed by atoms with Gasteiger partial charge in [-0.3, -0.25) is 4.57 Å². The Morgan fingerprint density at radius 2 is 1.83 bits per heavy atom. The molecule has 0 radical (unpaired) electrons. The Hall–Kier alpha value is -2.99. The lowest BCUT2D eigenvalue weighted by Gasteiger charge is -2.20. The number of halogens is 2. The Morgan fingerprint density at radius 3 is 2.61 bits per heavy atom. The van der Waals surface area contributed by atoms with Crippen LogP contribution in [0.1, 0.15) is 17.4 Å². The summed E-state index contributed by atoms with van der Waals surface area (Å²) in [4.78, 5) is 12.8. The highest BCUT2D eigenvalue weighted by Gasteiger charge is 2.45. The summed E-state index contributed by atoms with van der Waals surface area (Å²) in [5.74, 6) is 0.498. The van der Waals surface area contributed by atoms with E-state index in [1.54, 1.807) is 16.7 Å². The Balaban J connectivity index is 1.38. The van der Waals surface area contributed by atoms with Crippen molar-refractivity contribution < 1.29 is 19.7 Å². The first kappa shape index (κ1) is 24.7. The Bertz CT molecular complexity index is 1360. The standard InChI is InChI=1S/C24H24Cl2N6O4/c25-15-7-6-14(8-16(15)26)9-28-24-31-18-21(27)29-12-30-22(18)32(24)23-20(34)19(33)17(36-23)11-35-10-13-4-2-1-3-5-13/h1-8,12,17,19-20,23,33-34H,9-11H2,(H,28,31)(H2,27,29,30)/t17-,19-,20-,23-/m1/s1. The van der Waals surface area contributed by atoms with Crippen LogP contribution in [0.3, 0.4) is 0 Å². The maximum absolute atomic E-state index is 10.9. The van der Waals surface area contributed by atoms with Gasteiger partial charge in [0.1, 0.15) is 24.6 Å². The molecule has 1 fully saturated rings. The second-order valence-electron chi connectivity index (χ2n) is 8.39. The molecule has 10 nitrogen and oxygen atoms in total. The molecule has 2 aromatic heterocycles. The molecule has 1 saturated heterocycles. The van der Waals surface area contributed by atoms with Crippen molar-refractivity contribution in [3.63, 3.8) is 0 Å². The Morgan fingerprint density at radius 1 is 1.03 bits per heavy atom. The zero-order valence-corrected chi connectivity index (χ0v) is 20.5. The second-order valence-corrected chi connectivity index (χ2v) is 9.20. The van der Waals surface area contributed by atoms with Crippen molar-refractivity contribution in [2.45, 2.75) is 37.7 Å². The van der Waals surface area contributed by atoms with E-state index in [2.05, 4.69) is 20.3 Å². The normalized spacial score (nSPS) is 21.8. The molecule has 1 aliphatic rings. The molecule has 2 aromatic carbocycles. The lowest BCUT2D eigenvalue weighted by Crippen LogP contribution is -2.34. The van der Waals surface area contributed by atoms with Crippen molar-refractivity contribution in [1.82, 2.24) is 19.5 Å². The average molecular weight is 531 g/mol. The lowest BCUT2D eigenvalue weighted by molar-refractivity contribution is -0.0675. The van der Waals surface area contributed by atoms with Crippen molar-refractivity contribution in [3.8, 4) is 0 Å². The van der Waals surface area contributed by atoms with Crippen LogP contribution in [-0.2, 0) is 22.6 Å². The van der Waals surface area contributed by atoms with Crippen LogP contribution >= 0.6 is 23.2 Å². The summed E-state index contributed by atoms with van der Waals surface area (Å²) in [6.45, 7) is 0.768. The summed E-state index contributed by atoms with van der Waals surface area (Å²) in [5.41, 5.74) is 8.56. The van der Waals surface area contributed by atoms with Crippen LogP contribution in [0, 0.1) is 0 Å². The minimum Gasteiger partial charge on any atom is -0.387 e. The molecule has 12 heteroatoms. The number of nitrogens with zero attached hydrogens (tertiary/aromatic N) is 4. The van der Waals surface area contributed by atoms with Crippen molar-refractivity contribution in [2.75, 3.05) is 17.7 Å². The predicted molar refractivity (Wildman–Crippen MR) is 136 cm³/mol. The molecule has 1 aliphatic heterocycles. The number of aliphatic hydroxyl groups excluding tert-OH is 2. The van der Waals surface area contributed by atoms with Crippen LogP contribution in [-0.4, -0.2) is 54.7 Å². The molecular weight excluding hydrogens is 507 g/mol. The van der Waals surface area contributed by atoms with Crippen LogP contribution < -0.4 is 11.1 Å². The molecule has 0 bridgehead atoms. The molecule has 5 N–H and O–H groups in total. The maximum atomic E-state index is 10.9. The highest BCUT2D eigenvalue weighted by Crippen LogP contribution is 2.35. The molecule has 0 aliphatic carbocycles. The van der Waals surface area contributed by atoms with Crippen molar-refractivity contribution >= 4 is 46.1 Å². The van der Waals surface area contributed by atoms with Gasteiger partial charge in [-0.2, -0.15) is 0 Å². The fraction of sp³-hybridized carbons (Fsp3) is 0.292. The van der Waals surface area contributed by atoms with E-state index < -0.39 is 24.5 Å². The van der Waals surface area contributed by atoms with Gasteiger partial charge < -0.3 is 30.7 Å². The second kappa shape index (κ2) is 10.6. The lowest BCUT2D eigenvalue weighted by atomic mass is 10.1. The van der Waals surface area contributed by atoms with E-state index >= 15 is 0 Å². The first-order chi connectivity index (χ1) is 17.4. The first-order valence-corrected chi connectivity index (χ1v) is 12.0. The number of hydrogen-bond donors (Lipinski definition) is 4. The summed E-state index contributed by atoms with van der Waals surface area (Å²) >= 11 is 12.2. The molecule has 0 unspecified atom stereocenters. The van der Waals surface area contributed by atoms with E-state index in [-0.39, 0.29) is 12.4 Å². The topological polar surface area (TPSA) is 141 Å². The third-order valence-corrected chi connectivity index (χ3v) is 6.66. The third kappa shape index (κ3) is 4.96. The van der Waals surface area contributed by atoms with E-state index in [9.17, 15) is 10.2 Å². The van der Waals surface area contributed by atoms with Gasteiger partial charge in [-0.15, -0.1) is 0 Å². The van der Waals surface area contributed by atoms with Crippen LogP contribution in [0.4, 0.5) is 11.8 Å². The SMILES string of the molecule is Nc1ncnc2c1nc(NCc1ccc(Cl)c(Cl)c1)n2[C@@H]1O[C@H](COCc2ccccc2)[C@@H](O)[C@H]1O. The van der Waals surface area contributed by atoms with Crippen molar-refractivity contribution in [3.05, 3.63) is 76.0 Å². The highest BCUT2D eigenvalue weighted by molar-refractivity contribution is 6.42. The summed E-state index contributed by atoms with van der Waals surface area (Å²) in [6, 6.07) is 14.9. The van der Waals surface area contributed by atoms with Gasteiger partial charge in [0.15, 0.2) is 23.2 Å². The number of nitrogens with two attached hydrogens (primary N) is 1. The molecule has 0 spiro atoms. The Labute approximate surface area is 216 Å². The van der Waals surface area contributed by atoms with E-state index in [0.717, 1.165) is 11.1 Å². The number of benzene rings is 2. The Kier molecular flexibility index (Phi) is 7.24. The molecule has 188 valence electrons. The van der Waals surface area contributed by atoms with Gasteiger partial charge in [0, 0.05) is 6.54 Å². The molecule has 0 saturated carbocycles. The molecule has 36 heavy (non-hydrogen) atoms. The fourth-order valence-corrected chi connectivity index (χ4v) is 4.39. The van der Waals surface area contributed by atoms with Crippen LogP contribution in [0.5, 0.6) is 0 Å². The molecule has 3 heterocycles. The van der Waals surface area contributed by atoms with Crippen LogP contribution in [0.2, 0.25) is 10.0 Å².